The fraction of sp³-hybridized carbons (Fsp3) is 0.375. The van der Waals surface area contributed by atoms with Crippen LogP contribution in [0.5, 0.6) is 5.75 Å². The van der Waals surface area contributed by atoms with Crippen molar-refractivity contribution in [3.63, 3.8) is 0 Å². The molecule has 2 aromatic rings. The minimum Gasteiger partial charge on any atom is -0.497 e. The molecule has 0 saturated heterocycles. The smallest absolute Gasteiger partial charge is 0.129 e. The first kappa shape index (κ1) is 14.3. The lowest BCUT2D eigenvalue weighted by Gasteiger charge is -2.08. The Hall–Kier alpha value is -2.10. The van der Waals surface area contributed by atoms with Crippen LogP contribution in [0.1, 0.15) is 24.0 Å². The Labute approximate surface area is 120 Å². The van der Waals surface area contributed by atoms with Gasteiger partial charge in [-0.2, -0.15) is 0 Å². The van der Waals surface area contributed by atoms with Crippen molar-refractivity contribution in [2.45, 2.75) is 26.7 Å². The van der Waals surface area contributed by atoms with E-state index < -0.39 is 0 Å². The summed E-state index contributed by atoms with van der Waals surface area (Å²) in [6.07, 6.45) is 1.88. The molecule has 0 saturated carbocycles. The molecule has 106 valence electrons. The van der Waals surface area contributed by atoms with E-state index in [9.17, 15) is 0 Å². The van der Waals surface area contributed by atoms with Crippen LogP contribution < -0.4 is 10.1 Å². The topological polar surface area (TPSA) is 47.0 Å². The van der Waals surface area contributed by atoms with Crippen LogP contribution in [0.2, 0.25) is 0 Å². The molecule has 1 aromatic carbocycles. The van der Waals surface area contributed by atoms with Gasteiger partial charge < -0.3 is 10.1 Å². The third-order valence-corrected chi connectivity index (χ3v) is 3.13. The summed E-state index contributed by atoms with van der Waals surface area (Å²) in [6, 6.07) is 10.2. The average molecular weight is 271 g/mol. The minimum absolute atomic E-state index is 0.816. The van der Waals surface area contributed by atoms with E-state index in [2.05, 4.69) is 34.3 Å². The minimum atomic E-state index is 0.816. The molecule has 1 heterocycles. The maximum Gasteiger partial charge on any atom is 0.129 e. The summed E-state index contributed by atoms with van der Waals surface area (Å²) >= 11 is 0. The van der Waals surface area contributed by atoms with E-state index in [0.29, 0.717) is 0 Å². The molecule has 0 bridgehead atoms. The summed E-state index contributed by atoms with van der Waals surface area (Å²) in [5.41, 5.74) is 2.35. The number of benzene rings is 1. The Morgan fingerprint density at radius 1 is 1.15 bits per heavy atom. The summed E-state index contributed by atoms with van der Waals surface area (Å²) in [5, 5.41) is 3.35. The van der Waals surface area contributed by atoms with Crippen LogP contribution >= 0.6 is 0 Å². The van der Waals surface area contributed by atoms with Gasteiger partial charge in [0.15, 0.2) is 0 Å². The SMILES string of the molecule is CCc1cc(NCCc2ccc(OC)cc2)nc(C)n1. The fourth-order valence-electron chi connectivity index (χ4n) is 2.03. The Morgan fingerprint density at radius 3 is 2.55 bits per heavy atom. The number of aromatic nitrogens is 2. The zero-order valence-corrected chi connectivity index (χ0v) is 12.3. The van der Waals surface area contributed by atoms with Crippen molar-refractivity contribution in [2.75, 3.05) is 19.0 Å². The zero-order valence-electron chi connectivity index (χ0n) is 12.3. The van der Waals surface area contributed by atoms with Crippen LogP contribution in [0.3, 0.4) is 0 Å². The number of aryl methyl sites for hydroxylation is 2. The molecule has 1 N–H and O–H groups in total. The molecule has 0 unspecified atom stereocenters. The van der Waals surface area contributed by atoms with Gasteiger partial charge in [0.2, 0.25) is 0 Å². The third kappa shape index (κ3) is 3.95. The van der Waals surface area contributed by atoms with E-state index in [1.807, 2.05) is 25.1 Å². The quantitative estimate of drug-likeness (QED) is 0.877. The summed E-state index contributed by atoms with van der Waals surface area (Å²) in [7, 11) is 1.68. The Balaban J connectivity index is 1.90. The highest BCUT2D eigenvalue weighted by Crippen LogP contribution is 2.12. The molecule has 4 heteroatoms. The van der Waals surface area contributed by atoms with E-state index in [-0.39, 0.29) is 0 Å². The Bertz CT molecular complexity index is 552. The molecule has 0 aliphatic carbocycles. The van der Waals surface area contributed by atoms with E-state index in [0.717, 1.165) is 42.5 Å². The van der Waals surface area contributed by atoms with E-state index in [1.54, 1.807) is 7.11 Å². The molecule has 0 amide bonds. The first-order chi connectivity index (χ1) is 9.71. The lowest BCUT2D eigenvalue weighted by atomic mass is 10.1. The summed E-state index contributed by atoms with van der Waals surface area (Å²) in [5.74, 6) is 2.61. The molecule has 0 spiro atoms. The predicted molar refractivity (Wildman–Crippen MR) is 81.3 cm³/mol. The lowest BCUT2D eigenvalue weighted by Crippen LogP contribution is -2.08. The molecule has 1 aromatic heterocycles. The van der Waals surface area contributed by atoms with Gasteiger partial charge in [0.05, 0.1) is 7.11 Å². The molecular formula is C16H21N3O. The molecule has 2 rings (SSSR count). The number of methoxy groups -OCH3 is 1. The van der Waals surface area contributed by atoms with Gasteiger partial charge in [0.1, 0.15) is 17.4 Å². The number of nitrogens with zero attached hydrogens (tertiary/aromatic N) is 2. The van der Waals surface area contributed by atoms with Gasteiger partial charge in [-0.25, -0.2) is 9.97 Å². The van der Waals surface area contributed by atoms with E-state index in [1.165, 1.54) is 5.56 Å². The number of hydrogen-bond donors (Lipinski definition) is 1. The second-order valence-corrected chi connectivity index (χ2v) is 4.67. The second-order valence-electron chi connectivity index (χ2n) is 4.67. The molecule has 0 aliphatic heterocycles. The van der Waals surface area contributed by atoms with Crippen LogP contribution in [0, 0.1) is 6.92 Å². The Kier molecular flexibility index (Phi) is 4.93. The predicted octanol–water partition coefficient (Wildman–Crippen LogP) is 3.01. The number of rotatable bonds is 6. The molecule has 4 nitrogen and oxygen atoms in total. The van der Waals surface area contributed by atoms with Crippen LogP contribution in [0.4, 0.5) is 5.82 Å². The molecule has 20 heavy (non-hydrogen) atoms. The van der Waals surface area contributed by atoms with Crippen molar-refractivity contribution >= 4 is 5.82 Å². The fourth-order valence-corrected chi connectivity index (χ4v) is 2.03. The molecule has 0 atom stereocenters. The van der Waals surface area contributed by atoms with Crippen LogP contribution in [-0.2, 0) is 12.8 Å². The first-order valence-electron chi connectivity index (χ1n) is 6.92. The van der Waals surface area contributed by atoms with Crippen molar-refractivity contribution in [3.05, 3.63) is 47.4 Å². The number of anilines is 1. The number of ether oxygens (including phenoxy) is 1. The van der Waals surface area contributed by atoms with Gasteiger partial charge >= 0.3 is 0 Å². The van der Waals surface area contributed by atoms with Gasteiger partial charge in [-0.05, 0) is 37.5 Å². The second kappa shape index (κ2) is 6.89. The van der Waals surface area contributed by atoms with Gasteiger partial charge in [-0.15, -0.1) is 0 Å². The molecule has 0 radical (unpaired) electrons. The molecule has 0 fully saturated rings. The monoisotopic (exact) mass is 271 g/mol. The van der Waals surface area contributed by atoms with Crippen LogP contribution in [0.25, 0.3) is 0 Å². The van der Waals surface area contributed by atoms with Crippen molar-refractivity contribution in [3.8, 4) is 5.75 Å². The van der Waals surface area contributed by atoms with E-state index >= 15 is 0 Å². The summed E-state index contributed by atoms with van der Waals surface area (Å²) < 4.78 is 5.15. The standard InChI is InChI=1S/C16H21N3O/c1-4-14-11-16(19-12(2)18-14)17-10-9-13-5-7-15(20-3)8-6-13/h5-8,11H,4,9-10H2,1-3H3,(H,17,18,19). The first-order valence-corrected chi connectivity index (χ1v) is 6.92. The third-order valence-electron chi connectivity index (χ3n) is 3.13. The van der Waals surface area contributed by atoms with Gasteiger partial charge in [0, 0.05) is 18.3 Å². The maximum atomic E-state index is 5.15. The highest BCUT2D eigenvalue weighted by Gasteiger charge is 2.00. The largest absolute Gasteiger partial charge is 0.497 e. The Morgan fingerprint density at radius 2 is 1.90 bits per heavy atom. The van der Waals surface area contributed by atoms with Crippen molar-refractivity contribution in [1.82, 2.24) is 9.97 Å². The van der Waals surface area contributed by atoms with Gasteiger partial charge in [0.25, 0.3) is 0 Å². The van der Waals surface area contributed by atoms with Crippen molar-refractivity contribution in [1.29, 1.82) is 0 Å². The molecule has 0 aliphatic rings. The zero-order chi connectivity index (χ0) is 14.4. The van der Waals surface area contributed by atoms with Crippen LogP contribution in [-0.4, -0.2) is 23.6 Å². The lowest BCUT2D eigenvalue weighted by molar-refractivity contribution is 0.414. The number of nitrogens with one attached hydrogen (secondary N) is 1. The maximum absolute atomic E-state index is 5.15. The van der Waals surface area contributed by atoms with Crippen molar-refractivity contribution in [2.24, 2.45) is 0 Å². The summed E-state index contributed by atoms with van der Waals surface area (Å²) in [4.78, 5) is 8.77. The highest BCUT2D eigenvalue weighted by molar-refractivity contribution is 5.36. The highest BCUT2D eigenvalue weighted by atomic mass is 16.5. The molecular weight excluding hydrogens is 250 g/mol. The van der Waals surface area contributed by atoms with Gasteiger partial charge in [-0.3, -0.25) is 0 Å². The van der Waals surface area contributed by atoms with E-state index in [4.69, 9.17) is 4.74 Å². The van der Waals surface area contributed by atoms with Crippen molar-refractivity contribution < 1.29 is 4.74 Å². The summed E-state index contributed by atoms with van der Waals surface area (Å²) in [6.45, 7) is 4.88. The van der Waals surface area contributed by atoms with Crippen LogP contribution in [0.15, 0.2) is 30.3 Å². The average Bonchev–Trinajstić information content (AvgIpc) is 2.47. The normalized spacial score (nSPS) is 10.3. The number of hydrogen-bond acceptors (Lipinski definition) is 4. The van der Waals surface area contributed by atoms with Gasteiger partial charge in [-0.1, -0.05) is 19.1 Å².